The highest BCUT2D eigenvalue weighted by atomic mass is 15.2. The van der Waals surface area contributed by atoms with E-state index in [4.69, 9.17) is 0 Å². The van der Waals surface area contributed by atoms with Crippen molar-refractivity contribution in [1.29, 1.82) is 0 Å². The van der Waals surface area contributed by atoms with E-state index in [9.17, 15) is 0 Å². The van der Waals surface area contributed by atoms with Gasteiger partial charge in [-0.3, -0.25) is 0 Å². The summed E-state index contributed by atoms with van der Waals surface area (Å²) in [4.78, 5) is 2.60. The Bertz CT molecular complexity index is 290. The van der Waals surface area contributed by atoms with Gasteiger partial charge in [0.05, 0.1) is 0 Å². The van der Waals surface area contributed by atoms with Crippen molar-refractivity contribution >= 4 is 0 Å². The van der Waals surface area contributed by atoms with Gasteiger partial charge in [-0.2, -0.15) is 0 Å². The topological polar surface area (TPSA) is 8.17 Å². The number of piperidine rings is 1. The second-order valence-corrected chi connectivity index (χ2v) is 4.81. The average molecular weight is 190 g/mol. The van der Waals surface area contributed by atoms with Crippen molar-refractivity contribution in [3.05, 3.63) is 24.5 Å². The van der Waals surface area contributed by atoms with E-state index in [-0.39, 0.29) is 0 Å². The Kier molecular flexibility index (Phi) is 1.91. The quantitative estimate of drug-likeness (QED) is 0.659. The van der Waals surface area contributed by atoms with Crippen LogP contribution in [0.1, 0.15) is 31.7 Å². The van der Waals surface area contributed by atoms with Crippen LogP contribution in [0.4, 0.5) is 0 Å². The van der Waals surface area contributed by atoms with E-state index in [0.717, 1.165) is 18.1 Å². The van der Waals surface area contributed by atoms with Crippen LogP contribution in [0.5, 0.6) is 0 Å². The Labute approximate surface area is 85.5 Å². The van der Waals surface area contributed by atoms with Crippen molar-refractivity contribution < 1.29 is 0 Å². The zero-order valence-corrected chi connectivity index (χ0v) is 8.76. The molecular formula is C12H18N2. The van der Waals surface area contributed by atoms with Crippen molar-refractivity contribution in [3.8, 4) is 0 Å². The van der Waals surface area contributed by atoms with Gasteiger partial charge in [-0.1, -0.05) is 0 Å². The minimum absolute atomic E-state index is 0.763. The maximum Gasteiger partial charge on any atom is 0.0360 e. The van der Waals surface area contributed by atoms with Crippen LogP contribution in [0.2, 0.25) is 0 Å². The summed E-state index contributed by atoms with van der Waals surface area (Å²) < 4.78 is 2.40. The lowest BCUT2D eigenvalue weighted by Gasteiger charge is -2.37. The standard InChI is InChI=1S/C12H18N2/c1-13-10-4-5-11(13)9-12(8-10)14-6-2-3-7-14/h2-3,6-7,10-12H,4-5,8-9H2,1H3. The summed E-state index contributed by atoms with van der Waals surface area (Å²) in [5.74, 6) is 0. The number of fused-ring (bicyclic) bond motifs is 2. The van der Waals surface area contributed by atoms with Crippen LogP contribution in [-0.2, 0) is 0 Å². The van der Waals surface area contributed by atoms with Gasteiger partial charge in [0.1, 0.15) is 0 Å². The lowest BCUT2D eigenvalue weighted by molar-refractivity contribution is 0.137. The smallest absolute Gasteiger partial charge is 0.0360 e. The molecule has 2 nitrogen and oxygen atoms in total. The first-order chi connectivity index (χ1) is 6.84. The maximum absolute atomic E-state index is 2.60. The van der Waals surface area contributed by atoms with E-state index in [1.807, 2.05) is 0 Å². The fourth-order valence-electron chi connectivity index (χ4n) is 3.22. The van der Waals surface area contributed by atoms with Gasteiger partial charge in [-0.25, -0.2) is 0 Å². The molecule has 2 fully saturated rings. The molecule has 3 rings (SSSR count). The largest absolute Gasteiger partial charge is 0.351 e. The Morgan fingerprint density at radius 2 is 1.50 bits per heavy atom. The van der Waals surface area contributed by atoms with Gasteiger partial charge in [0, 0.05) is 30.5 Å². The minimum Gasteiger partial charge on any atom is -0.351 e. The molecule has 76 valence electrons. The van der Waals surface area contributed by atoms with Gasteiger partial charge >= 0.3 is 0 Å². The lowest BCUT2D eigenvalue weighted by atomic mass is 9.98. The monoisotopic (exact) mass is 190 g/mol. The predicted octanol–water partition coefficient (Wildman–Crippen LogP) is 2.29. The molecule has 1 aromatic rings. The molecule has 0 radical (unpaired) electrons. The summed E-state index contributed by atoms with van der Waals surface area (Å²) in [6.07, 6.45) is 9.96. The summed E-state index contributed by atoms with van der Waals surface area (Å²) in [6, 6.07) is 6.74. The molecule has 1 aromatic heterocycles. The highest BCUT2D eigenvalue weighted by molar-refractivity contribution is 5.00. The highest BCUT2D eigenvalue weighted by Gasteiger charge is 2.38. The molecule has 2 unspecified atom stereocenters. The van der Waals surface area contributed by atoms with Crippen LogP contribution in [0.15, 0.2) is 24.5 Å². The first-order valence-electron chi connectivity index (χ1n) is 5.69. The number of aromatic nitrogens is 1. The fraction of sp³-hybridized carbons (Fsp3) is 0.667. The first-order valence-corrected chi connectivity index (χ1v) is 5.69. The lowest BCUT2D eigenvalue weighted by Crippen LogP contribution is -2.40. The zero-order chi connectivity index (χ0) is 9.54. The Morgan fingerprint density at radius 3 is 2.07 bits per heavy atom. The Balaban J connectivity index is 1.80. The molecule has 2 atom stereocenters. The second kappa shape index (κ2) is 3.13. The fourth-order valence-corrected chi connectivity index (χ4v) is 3.22. The SMILES string of the molecule is CN1C2CCC1CC(n1cccc1)C2. The molecule has 0 aliphatic carbocycles. The first kappa shape index (κ1) is 8.54. The van der Waals surface area contributed by atoms with Gasteiger partial charge in [-0.15, -0.1) is 0 Å². The number of hydrogen-bond acceptors (Lipinski definition) is 1. The molecule has 2 saturated heterocycles. The van der Waals surface area contributed by atoms with Crippen LogP contribution < -0.4 is 0 Å². The van der Waals surface area contributed by atoms with Crippen molar-refractivity contribution in [2.24, 2.45) is 0 Å². The van der Waals surface area contributed by atoms with Gasteiger partial charge < -0.3 is 9.47 Å². The molecule has 0 aromatic carbocycles. The normalized spacial score (nSPS) is 37.6. The van der Waals surface area contributed by atoms with E-state index in [0.29, 0.717) is 0 Å². The summed E-state index contributed by atoms with van der Waals surface area (Å²) in [6.45, 7) is 0. The van der Waals surface area contributed by atoms with Crippen LogP contribution in [-0.4, -0.2) is 28.6 Å². The molecule has 0 saturated carbocycles. The minimum atomic E-state index is 0.763. The van der Waals surface area contributed by atoms with Crippen molar-refractivity contribution in [3.63, 3.8) is 0 Å². The molecule has 3 heterocycles. The molecule has 0 amide bonds. The number of rotatable bonds is 1. The summed E-state index contributed by atoms with van der Waals surface area (Å²) in [5, 5.41) is 0. The van der Waals surface area contributed by atoms with Crippen molar-refractivity contribution in [2.75, 3.05) is 7.05 Å². The summed E-state index contributed by atoms with van der Waals surface area (Å²) >= 11 is 0. The molecule has 0 N–H and O–H groups in total. The van der Waals surface area contributed by atoms with E-state index in [1.54, 1.807) is 0 Å². The maximum atomic E-state index is 2.60. The zero-order valence-electron chi connectivity index (χ0n) is 8.76. The number of hydrogen-bond donors (Lipinski definition) is 0. The second-order valence-electron chi connectivity index (χ2n) is 4.81. The van der Waals surface area contributed by atoms with E-state index in [2.05, 4.69) is 41.0 Å². The molecule has 2 heteroatoms. The van der Waals surface area contributed by atoms with E-state index < -0.39 is 0 Å². The molecule has 2 bridgehead atoms. The average Bonchev–Trinajstić information content (AvgIpc) is 2.75. The summed E-state index contributed by atoms with van der Waals surface area (Å²) in [7, 11) is 2.30. The van der Waals surface area contributed by atoms with Crippen LogP contribution in [0.3, 0.4) is 0 Å². The Morgan fingerprint density at radius 1 is 0.929 bits per heavy atom. The van der Waals surface area contributed by atoms with Gasteiger partial charge in [-0.05, 0) is 44.9 Å². The highest BCUT2D eigenvalue weighted by Crippen LogP contribution is 2.39. The van der Waals surface area contributed by atoms with E-state index in [1.165, 1.54) is 25.7 Å². The van der Waals surface area contributed by atoms with Gasteiger partial charge in [0.2, 0.25) is 0 Å². The van der Waals surface area contributed by atoms with Gasteiger partial charge in [0.15, 0.2) is 0 Å². The van der Waals surface area contributed by atoms with Crippen LogP contribution in [0, 0.1) is 0 Å². The number of nitrogens with zero attached hydrogens (tertiary/aromatic N) is 2. The van der Waals surface area contributed by atoms with Gasteiger partial charge in [0.25, 0.3) is 0 Å². The predicted molar refractivity (Wildman–Crippen MR) is 57.3 cm³/mol. The molecule has 2 aliphatic heterocycles. The third kappa shape index (κ3) is 1.21. The van der Waals surface area contributed by atoms with E-state index >= 15 is 0 Å². The van der Waals surface area contributed by atoms with Crippen LogP contribution >= 0.6 is 0 Å². The molecule has 14 heavy (non-hydrogen) atoms. The molecule has 2 aliphatic rings. The van der Waals surface area contributed by atoms with Crippen molar-refractivity contribution in [2.45, 2.75) is 43.8 Å². The molecule has 0 spiro atoms. The third-order valence-corrected chi connectivity index (χ3v) is 4.12. The van der Waals surface area contributed by atoms with Crippen LogP contribution in [0.25, 0.3) is 0 Å². The molecular weight excluding hydrogens is 172 g/mol. The summed E-state index contributed by atoms with van der Waals surface area (Å²) in [5.41, 5.74) is 0. The Hall–Kier alpha value is -0.760. The van der Waals surface area contributed by atoms with Crippen molar-refractivity contribution in [1.82, 2.24) is 9.47 Å². The third-order valence-electron chi connectivity index (χ3n) is 4.12.